The highest BCUT2D eigenvalue weighted by Crippen LogP contribution is 2.43. The number of nitrogens with zero attached hydrogens (tertiary/aromatic N) is 2. The molecule has 0 aliphatic carbocycles. The summed E-state index contributed by atoms with van der Waals surface area (Å²) in [4.78, 5) is 2.13. The van der Waals surface area contributed by atoms with Gasteiger partial charge >= 0.3 is 0 Å². The Kier molecular flexibility index (Phi) is 5.28. The Hall–Kier alpha value is -3.59. The lowest BCUT2D eigenvalue weighted by atomic mass is 9.80. The Labute approximate surface area is 174 Å². The van der Waals surface area contributed by atoms with Crippen LogP contribution in [0.15, 0.2) is 83.1 Å². The van der Waals surface area contributed by atoms with Gasteiger partial charge < -0.3 is 15.4 Å². The first-order chi connectivity index (χ1) is 14.5. The van der Waals surface area contributed by atoms with Crippen LogP contribution in [0.1, 0.15) is 24.0 Å². The van der Waals surface area contributed by atoms with Gasteiger partial charge in [0.1, 0.15) is 29.0 Å². The maximum Gasteiger partial charge on any atom is 0.205 e. The molecule has 2 N–H and O–H groups in total. The van der Waals surface area contributed by atoms with Gasteiger partial charge in [-0.05, 0) is 42.3 Å². The Balaban J connectivity index is 1.80. The van der Waals surface area contributed by atoms with E-state index in [9.17, 15) is 14.0 Å². The average molecular weight is 405 g/mol. The summed E-state index contributed by atoms with van der Waals surface area (Å²) in [6, 6.07) is 14.6. The second kappa shape index (κ2) is 8.03. The zero-order valence-corrected chi connectivity index (χ0v) is 16.5. The number of hydrogen-bond acceptors (Lipinski definition) is 4. The monoisotopic (exact) mass is 405 g/mol. The molecule has 2 heterocycles. The van der Waals surface area contributed by atoms with Gasteiger partial charge in [0, 0.05) is 36.9 Å². The highest BCUT2D eigenvalue weighted by Gasteiger charge is 2.36. The van der Waals surface area contributed by atoms with Crippen molar-refractivity contribution in [2.45, 2.75) is 19.3 Å². The Morgan fingerprint density at radius 1 is 1.10 bits per heavy atom. The lowest BCUT2D eigenvalue weighted by Gasteiger charge is -2.36. The van der Waals surface area contributed by atoms with Crippen molar-refractivity contribution in [3.63, 3.8) is 0 Å². The van der Waals surface area contributed by atoms with Crippen LogP contribution in [0.5, 0.6) is 0 Å². The standard InChI is InChI=1S/C24H21F2N3O/c1-2-29-13-17(11-15-3-7-18(25)8-4-15)23-21(14-29)22(20(12-27)24(28)30-23)16-5-9-19(26)10-6-16/h3-10,13,22H,2,11,14,28H2,1H3/t22-/m1/s1. The number of hydrogen-bond donors (Lipinski definition) is 1. The van der Waals surface area contributed by atoms with E-state index in [1.54, 1.807) is 24.3 Å². The Bertz CT molecular complexity index is 1090. The zero-order valence-electron chi connectivity index (χ0n) is 16.5. The summed E-state index contributed by atoms with van der Waals surface area (Å²) < 4.78 is 32.8. The smallest absolute Gasteiger partial charge is 0.205 e. The van der Waals surface area contributed by atoms with E-state index >= 15 is 0 Å². The molecule has 30 heavy (non-hydrogen) atoms. The average Bonchev–Trinajstić information content (AvgIpc) is 2.75. The number of halogens is 2. The summed E-state index contributed by atoms with van der Waals surface area (Å²) in [6.07, 6.45) is 2.55. The second-order valence-electron chi connectivity index (χ2n) is 7.35. The van der Waals surface area contributed by atoms with Crippen LogP contribution in [0, 0.1) is 23.0 Å². The molecular weight excluding hydrogens is 384 g/mol. The fourth-order valence-corrected chi connectivity index (χ4v) is 3.95. The fourth-order valence-electron chi connectivity index (χ4n) is 3.95. The summed E-state index contributed by atoms with van der Waals surface area (Å²) in [5.74, 6) is -0.352. The van der Waals surface area contributed by atoms with E-state index in [0.717, 1.165) is 28.8 Å². The minimum Gasteiger partial charge on any atom is -0.440 e. The number of nitriles is 1. The summed E-state index contributed by atoms with van der Waals surface area (Å²) in [6.45, 7) is 3.38. The van der Waals surface area contributed by atoms with Gasteiger partial charge in [0.15, 0.2) is 0 Å². The molecule has 0 fully saturated rings. The van der Waals surface area contributed by atoms with Gasteiger partial charge in [0.05, 0.1) is 5.92 Å². The van der Waals surface area contributed by atoms with Crippen molar-refractivity contribution in [1.82, 2.24) is 4.90 Å². The summed E-state index contributed by atoms with van der Waals surface area (Å²) in [7, 11) is 0. The molecule has 4 rings (SSSR count). The van der Waals surface area contributed by atoms with Gasteiger partial charge in [-0.3, -0.25) is 0 Å². The lowest BCUT2D eigenvalue weighted by Crippen LogP contribution is -2.33. The van der Waals surface area contributed by atoms with Crippen LogP contribution in [0.4, 0.5) is 8.78 Å². The molecule has 0 spiro atoms. The first-order valence-corrected chi connectivity index (χ1v) is 9.75. The summed E-state index contributed by atoms with van der Waals surface area (Å²) >= 11 is 0. The molecule has 2 aliphatic heterocycles. The topological polar surface area (TPSA) is 62.3 Å². The van der Waals surface area contributed by atoms with Crippen molar-refractivity contribution in [3.05, 3.63) is 106 Å². The molecule has 0 bridgehead atoms. The maximum absolute atomic E-state index is 13.5. The third-order valence-corrected chi connectivity index (χ3v) is 5.45. The fraction of sp³-hybridized carbons (Fsp3) is 0.208. The van der Waals surface area contributed by atoms with Crippen molar-refractivity contribution < 1.29 is 13.5 Å². The maximum atomic E-state index is 13.5. The molecule has 2 aromatic rings. The SMILES string of the molecule is CCN1C=C(Cc2ccc(F)cc2)C2=C(C1)[C@H](c1ccc(F)cc1)C(C#N)=C(N)O2. The predicted molar refractivity (Wildman–Crippen MR) is 110 cm³/mol. The van der Waals surface area contributed by atoms with Crippen molar-refractivity contribution >= 4 is 0 Å². The Morgan fingerprint density at radius 3 is 2.33 bits per heavy atom. The molecule has 0 unspecified atom stereocenters. The van der Waals surface area contributed by atoms with Crippen LogP contribution in [0.2, 0.25) is 0 Å². The quantitative estimate of drug-likeness (QED) is 0.814. The predicted octanol–water partition coefficient (Wildman–Crippen LogP) is 4.49. The van der Waals surface area contributed by atoms with E-state index in [0.29, 0.717) is 24.3 Å². The van der Waals surface area contributed by atoms with E-state index in [4.69, 9.17) is 10.5 Å². The van der Waals surface area contributed by atoms with E-state index < -0.39 is 5.92 Å². The third-order valence-electron chi connectivity index (χ3n) is 5.45. The Morgan fingerprint density at radius 2 is 1.73 bits per heavy atom. The van der Waals surface area contributed by atoms with Crippen LogP contribution in [0.3, 0.4) is 0 Å². The van der Waals surface area contributed by atoms with Crippen LogP contribution < -0.4 is 5.73 Å². The van der Waals surface area contributed by atoms with Crippen LogP contribution >= 0.6 is 0 Å². The number of rotatable bonds is 4. The van der Waals surface area contributed by atoms with Gasteiger partial charge in [-0.15, -0.1) is 0 Å². The molecule has 152 valence electrons. The van der Waals surface area contributed by atoms with Crippen LogP contribution in [-0.2, 0) is 11.2 Å². The number of likely N-dealkylation sites (N-methyl/N-ethyl adjacent to an activating group) is 1. The van der Waals surface area contributed by atoms with Crippen molar-refractivity contribution in [1.29, 1.82) is 5.26 Å². The molecule has 1 atom stereocenters. The van der Waals surface area contributed by atoms with Gasteiger partial charge in [0.25, 0.3) is 0 Å². The normalized spacial score (nSPS) is 18.5. The molecule has 0 radical (unpaired) electrons. The minimum atomic E-state index is -0.412. The first kappa shape index (κ1) is 19.7. The highest BCUT2D eigenvalue weighted by molar-refractivity contribution is 5.54. The highest BCUT2D eigenvalue weighted by atomic mass is 19.1. The van der Waals surface area contributed by atoms with E-state index in [1.807, 2.05) is 13.1 Å². The summed E-state index contributed by atoms with van der Waals surface area (Å²) in [5.41, 5.74) is 9.98. The second-order valence-corrected chi connectivity index (χ2v) is 7.35. The van der Waals surface area contributed by atoms with Crippen molar-refractivity contribution in [2.75, 3.05) is 13.1 Å². The van der Waals surface area contributed by atoms with Gasteiger partial charge in [-0.1, -0.05) is 24.3 Å². The van der Waals surface area contributed by atoms with Crippen molar-refractivity contribution in [2.24, 2.45) is 5.73 Å². The first-order valence-electron chi connectivity index (χ1n) is 9.75. The number of benzene rings is 2. The molecule has 0 amide bonds. The number of ether oxygens (including phenoxy) is 1. The van der Waals surface area contributed by atoms with Crippen molar-refractivity contribution in [3.8, 4) is 6.07 Å². The largest absolute Gasteiger partial charge is 0.440 e. The molecule has 0 aromatic heterocycles. The van der Waals surface area contributed by atoms with E-state index in [-0.39, 0.29) is 17.5 Å². The molecule has 2 aliphatic rings. The molecular formula is C24H21F2N3O. The van der Waals surface area contributed by atoms with E-state index in [1.165, 1.54) is 24.3 Å². The lowest BCUT2D eigenvalue weighted by molar-refractivity contribution is 0.265. The molecule has 2 aromatic carbocycles. The molecule has 4 nitrogen and oxygen atoms in total. The van der Waals surface area contributed by atoms with Gasteiger partial charge in [0.2, 0.25) is 5.88 Å². The molecule has 0 saturated heterocycles. The zero-order chi connectivity index (χ0) is 21.3. The molecule has 6 heteroatoms. The van der Waals surface area contributed by atoms with E-state index in [2.05, 4.69) is 11.0 Å². The molecule has 0 saturated carbocycles. The minimum absolute atomic E-state index is 0.0560. The summed E-state index contributed by atoms with van der Waals surface area (Å²) in [5, 5.41) is 9.76. The number of allylic oxidation sites excluding steroid dienone is 2. The third kappa shape index (κ3) is 3.67. The van der Waals surface area contributed by atoms with Gasteiger partial charge in [-0.2, -0.15) is 5.26 Å². The van der Waals surface area contributed by atoms with Gasteiger partial charge in [-0.25, -0.2) is 8.78 Å². The van der Waals surface area contributed by atoms with Crippen LogP contribution in [-0.4, -0.2) is 18.0 Å². The van der Waals surface area contributed by atoms with Crippen LogP contribution in [0.25, 0.3) is 0 Å². The number of nitrogens with two attached hydrogens (primary N) is 1.